The number of ether oxygens (including phenoxy) is 4. The van der Waals surface area contributed by atoms with Crippen molar-refractivity contribution in [1.29, 1.82) is 0 Å². The summed E-state index contributed by atoms with van der Waals surface area (Å²) in [5.41, 5.74) is 15.2. The molecule has 3 fully saturated rings. The third-order valence-corrected chi connectivity index (χ3v) is 34.4. The molecule has 3 saturated heterocycles. The standard InChI is InChI=1S/C48H92N2O9Si4/c1-17-62(18-2,19-3)58-40(28-36(57-61(15,16)47(10,11)12)34-53-60(13,14)46(7,8)9)39-29-41-44(54-39)37(49)31-48(55-41)32-38(50)45(59-63(20-4,21-5)22-6)42(56-48)30-43(51)52-33-35-26-24-23-25-27-35/h23-27,36-42,44-45H,17-22,28-34,49-50H2,1-16H3/t36-,37+,38+,39?,40+,41?,42+,44?,45?,48-/m1/s1. The Balaban J connectivity index is 1.65. The molecule has 1 aromatic carbocycles. The highest BCUT2D eigenvalue weighted by Gasteiger charge is 2.58. The van der Waals surface area contributed by atoms with Gasteiger partial charge in [0.15, 0.2) is 39.1 Å². The molecule has 0 amide bonds. The molecule has 4 unspecified atom stereocenters. The van der Waals surface area contributed by atoms with E-state index in [-0.39, 0.29) is 65.6 Å². The zero-order valence-corrected chi connectivity index (χ0v) is 46.6. The molecule has 0 bridgehead atoms. The monoisotopic (exact) mass is 953 g/mol. The fraction of sp³-hybridized carbons (Fsp3) is 0.854. The molecule has 0 aromatic heterocycles. The zero-order valence-electron chi connectivity index (χ0n) is 42.6. The van der Waals surface area contributed by atoms with Gasteiger partial charge >= 0.3 is 5.97 Å². The molecule has 0 radical (unpaired) electrons. The molecule has 0 saturated carbocycles. The maximum absolute atomic E-state index is 13.6. The number of rotatable bonds is 22. The van der Waals surface area contributed by atoms with Crippen LogP contribution in [0.5, 0.6) is 0 Å². The lowest BCUT2D eigenvalue weighted by Gasteiger charge is -2.53. The Morgan fingerprint density at radius 1 is 0.778 bits per heavy atom. The molecule has 3 aliphatic rings. The quantitative estimate of drug-likeness (QED) is 0.0847. The van der Waals surface area contributed by atoms with Crippen molar-refractivity contribution in [2.24, 2.45) is 11.5 Å². The fourth-order valence-corrected chi connectivity index (χ4v) is 17.5. The van der Waals surface area contributed by atoms with Crippen LogP contribution in [0.15, 0.2) is 30.3 Å². The number of hydrogen-bond donors (Lipinski definition) is 2. The highest BCUT2D eigenvalue weighted by molar-refractivity contribution is 6.75. The first kappa shape index (κ1) is 54.8. The Kier molecular flexibility index (Phi) is 19.2. The van der Waals surface area contributed by atoms with Gasteiger partial charge in [0.05, 0.1) is 55.8 Å². The fourth-order valence-electron chi connectivity index (χ4n) is 9.28. The van der Waals surface area contributed by atoms with Crippen molar-refractivity contribution in [1.82, 2.24) is 0 Å². The zero-order chi connectivity index (χ0) is 47.2. The molecule has 3 heterocycles. The smallest absolute Gasteiger partial charge is 0.308 e. The Morgan fingerprint density at radius 2 is 1.33 bits per heavy atom. The van der Waals surface area contributed by atoms with Crippen molar-refractivity contribution in [3.05, 3.63) is 35.9 Å². The number of carbonyl (C=O) groups excluding carboxylic acids is 1. The highest BCUT2D eigenvalue weighted by Crippen LogP contribution is 2.47. The summed E-state index contributed by atoms with van der Waals surface area (Å²) in [6, 6.07) is 14.8. The minimum Gasteiger partial charge on any atom is -0.461 e. The van der Waals surface area contributed by atoms with Crippen LogP contribution < -0.4 is 11.5 Å². The molecule has 4 N–H and O–H groups in total. The van der Waals surface area contributed by atoms with Crippen LogP contribution in [0.4, 0.5) is 0 Å². The molecular weight excluding hydrogens is 861 g/mol. The first-order valence-electron chi connectivity index (χ1n) is 24.6. The maximum atomic E-state index is 13.6. The van der Waals surface area contributed by atoms with Gasteiger partial charge in [-0.2, -0.15) is 0 Å². The van der Waals surface area contributed by atoms with E-state index in [1.807, 2.05) is 30.3 Å². The van der Waals surface area contributed by atoms with Crippen LogP contribution in [0.25, 0.3) is 0 Å². The molecule has 3 aliphatic heterocycles. The molecule has 0 aliphatic carbocycles. The number of esters is 1. The lowest BCUT2D eigenvalue weighted by atomic mass is 9.84. The summed E-state index contributed by atoms with van der Waals surface area (Å²) in [5.74, 6) is -1.46. The number of fused-ring (bicyclic) bond motifs is 1. The SMILES string of the molecule is CC[Si](CC)(CC)OC1[C@H](CC(=O)OCc2ccccc2)O[C@]2(C[C@H](N)C3OC([C@H](C[C@H](CO[Si](C)(C)C(C)(C)C)O[Si](C)(C)C(C)(C)C)O[Si](CC)(CC)CC)CC3O2)C[C@@H]1N. The van der Waals surface area contributed by atoms with E-state index in [0.717, 1.165) is 41.8 Å². The molecular formula is C48H92N2O9Si4. The topological polar surface area (TPSA) is 143 Å². The van der Waals surface area contributed by atoms with Crippen LogP contribution in [-0.2, 0) is 48.1 Å². The summed E-state index contributed by atoms with van der Waals surface area (Å²) in [6.45, 7) is 37.2. The van der Waals surface area contributed by atoms with Gasteiger partial charge in [0.25, 0.3) is 0 Å². The van der Waals surface area contributed by atoms with E-state index in [4.69, 9.17) is 48.1 Å². The average molecular weight is 954 g/mol. The van der Waals surface area contributed by atoms with Gasteiger partial charge in [0.1, 0.15) is 6.61 Å². The first-order chi connectivity index (χ1) is 29.3. The molecule has 4 rings (SSSR count). The van der Waals surface area contributed by atoms with Gasteiger partial charge in [0, 0.05) is 37.8 Å². The van der Waals surface area contributed by atoms with E-state index in [2.05, 4.69) is 109 Å². The Hall–Kier alpha value is -0.802. The molecule has 1 aromatic rings. The minimum atomic E-state index is -2.21. The molecule has 63 heavy (non-hydrogen) atoms. The third kappa shape index (κ3) is 13.7. The second kappa shape index (κ2) is 22.1. The number of nitrogens with two attached hydrogens (primary N) is 2. The maximum Gasteiger partial charge on any atom is 0.308 e. The van der Waals surface area contributed by atoms with Gasteiger partial charge < -0.3 is 48.1 Å². The summed E-state index contributed by atoms with van der Waals surface area (Å²) in [4.78, 5) is 13.6. The molecule has 11 nitrogen and oxygen atoms in total. The second-order valence-electron chi connectivity index (χ2n) is 22.2. The summed E-state index contributed by atoms with van der Waals surface area (Å²) >= 11 is 0. The Bertz CT molecular complexity index is 1550. The predicted molar refractivity (Wildman–Crippen MR) is 266 cm³/mol. The van der Waals surface area contributed by atoms with E-state index in [0.29, 0.717) is 32.3 Å². The van der Waals surface area contributed by atoms with Gasteiger partial charge in [0.2, 0.25) is 0 Å². The van der Waals surface area contributed by atoms with Gasteiger partial charge in [-0.3, -0.25) is 4.79 Å². The summed E-state index contributed by atoms with van der Waals surface area (Å²) in [6.07, 6.45) is -0.454. The number of hydrogen-bond acceptors (Lipinski definition) is 11. The number of benzene rings is 1. The van der Waals surface area contributed by atoms with Crippen LogP contribution in [0, 0.1) is 0 Å². The number of carbonyl (C=O) groups is 1. The molecule has 1 spiro atoms. The molecule has 364 valence electrons. The van der Waals surface area contributed by atoms with Gasteiger partial charge in [-0.1, -0.05) is 113 Å². The normalized spacial score (nSPS) is 28.5. The van der Waals surface area contributed by atoms with Crippen molar-refractivity contribution in [3.63, 3.8) is 0 Å². The van der Waals surface area contributed by atoms with Crippen LogP contribution in [0.2, 0.25) is 72.5 Å². The Morgan fingerprint density at radius 3 is 1.87 bits per heavy atom. The second-order valence-corrected chi connectivity index (χ2v) is 41.2. The highest BCUT2D eigenvalue weighted by atomic mass is 28.4. The molecule has 15 heteroatoms. The molecule has 10 atom stereocenters. The van der Waals surface area contributed by atoms with Gasteiger partial charge in [-0.15, -0.1) is 0 Å². The van der Waals surface area contributed by atoms with Crippen molar-refractivity contribution in [3.8, 4) is 0 Å². The lowest BCUT2D eigenvalue weighted by Crippen LogP contribution is -2.67. The van der Waals surface area contributed by atoms with Crippen LogP contribution in [0.3, 0.4) is 0 Å². The van der Waals surface area contributed by atoms with E-state index in [9.17, 15) is 4.79 Å². The lowest BCUT2D eigenvalue weighted by molar-refractivity contribution is -0.340. The third-order valence-electron chi connectivity index (χ3n) is 16.1. The summed E-state index contributed by atoms with van der Waals surface area (Å²) in [7, 11) is -8.57. The minimum absolute atomic E-state index is 0.000628. The first-order valence-corrected chi connectivity index (χ1v) is 35.5. The van der Waals surface area contributed by atoms with Crippen molar-refractivity contribution < 1.29 is 41.4 Å². The van der Waals surface area contributed by atoms with Crippen LogP contribution in [0.1, 0.15) is 121 Å². The summed E-state index contributed by atoms with van der Waals surface area (Å²) < 4.78 is 55.9. The van der Waals surface area contributed by atoms with Crippen molar-refractivity contribution in [2.75, 3.05) is 6.61 Å². The van der Waals surface area contributed by atoms with E-state index in [1.54, 1.807) is 0 Å². The average Bonchev–Trinajstić information content (AvgIpc) is 3.65. The van der Waals surface area contributed by atoms with Crippen LogP contribution in [-0.4, -0.2) is 106 Å². The van der Waals surface area contributed by atoms with Crippen molar-refractivity contribution >= 4 is 39.2 Å². The predicted octanol–water partition coefficient (Wildman–Crippen LogP) is 10.8. The van der Waals surface area contributed by atoms with E-state index >= 15 is 0 Å². The van der Waals surface area contributed by atoms with Gasteiger partial charge in [-0.25, -0.2) is 0 Å². The van der Waals surface area contributed by atoms with E-state index in [1.165, 1.54) is 0 Å². The summed E-state index contributed by atoms with van der Waals surface area (Å²) in [5, 5.41) is 0.0903. The van der Waals surface area contributed by atoms with Crippen molar-refractivity contribution in [2.45, 2.75) is 255 Å². The van der Waals surface area contributed by atoms with Gasteiger partial charge in [-0.05, 0) is 78.1 Å². The largest absolute Gasteiger partial charge is 0.461 e. The van der Waals surface area contributed by atoms with E-state index < -0.39 is 57.3 Å². The van der Waals surface area contributed by atoms with Crippen LogP contribution >= 0.6 is 0 Å². The Labute approximate surface area is 388 Å².